The summed E-state index contributed by atoms with van der Waals surface area (Å²) in [5.41, 5.74) is 1.24. The molecule has 3 aromatic rings. The van der Waals surface area contributed by atoms with Crippen LogP contribution < -0.4 is 0 Å². The van der Waals surface area contributed by atoms with Gasteiger partial charge < -0.3 is 9.84 Å². The summed E-state index contributed by atoms with van der Waals surface area (Å²) in [6.07, 6.45) is -0.706. The number of carboxylic acid groups (broad SMARTS) is 1. The highest BCUT2D eigenvalue weighted by Gasteiger charge is 2.20. The Morgan fingerprint density at radius 3 is 2.41 bits per heavy atom. The second-order valence-electron chi connectivity index (χ2n) is 4.77. The van der Waals surface area contributed by atoms with Gasteiger partial charge in [-0.05, 0) is 17.7 Å². The summed E-state index contributed by atoms with van der Waals surface area (Å²) >= 11 is 0. The third-order valence-corrected chi connectivity index (χ3v) is 3.32. The van der Waals surface area contributed by atoms with Crippen molar-refractivity contribution in [3.8, 4) is 0 Å². The molecule has 110 valence electrons. The quantitative estimate of drug-likeness (QED) is 0.802. The Hall–Kier alpha value is -3.08. The predicted octanol–water partition coefficient (Wildman–Crippen LogP) is 3.52. The number of nitrogens with zero attached hydrogens (tertiary/aromatic N) is 1. The van der Waals surface area contributed by atoms with E-state index >= 15 is 0 Å². The van der Waals surface area contributed by atoms with Crippen LogP contribution in [0.4, 0.5) is 4.79 Å². The summed E-state index contributed by atoms with van der Waals surface area (Å²) in [5.74, 6) is -1.17. The minimum atomic E-state index is -1.17. The van der Waals surface area contributed by atoms with Gasteiger partial charge in [-0.15, -0.1) is 0 Å². The molecule has 0 radical (unpaired) electrons. The van der Waals surface area contributed by atoms with Crippen LogP contribution in [0.5, 0.6) is 0 Å². The molecule has 22 heavy (non-hydrogen) atoms. The normalized spacial score (nSPS) is 10.5. The number of para-hydroxylation sites is 1. The standard InChI is InChI=1S/C17H13NO4/c19-16(20)15-10-13-8-4-5-9-14(13)18(15)17(21)22-11-12-6-2-1-3-7-12/h1-10H,11H2,(H,19,20). The van der Waals surface area contributed by atoms with Crippen LogP contribution >= 0.6 is 0 Å². The third-order valence-electron chi connectivity index (χ3n) is 3.32. The number of carbonyl (C=O) groups excluding carboxylic acids is 1. The summed E-state index contributed by atoms with van der Waals surface area (Å²) < 4.78 is 6.32. The average molecular weight is 295 g/mol. The van der Waals surface area contributed by atoms with Crippen LogP contribution in [0, 0.1) is 0 Å². The Morgan fingerprint density at radius 1 is 1.00 bits per heavy atom. The molecule has 1 N–H and O–H groups in total. The number of benzene rings is 2. The maximum Gasteiger partial charge on any atom is 0.419 e. The van der Waals surface area contributed by atoms with E-state index in [9.17, 15) is 14.7 Å². The molecule has 0 unspecified atom stereocenters. The molecule has 0 saturated carbocycles. The SMILES string of the molecule is O=C(O)c1cc2ccccc2n1C(=O)OCc1ccccc1. The first-order valence-corrected chi connectivity index (χ1v) is 6.71. The number of aromatic carboxylic acids is 1. The lowest BCUT2D eigenvalue weighted by molar-refractivity contribution is 0.0681. The first-order valence-electron chi connectivity index (χ1n) is 6.71. The molecule has 0 aliphatic heterocycles. The Bertz CT molecular complexity index is 836. The lowest BCUT2D eigenvalue weighted by Crippen LogP contribution is -2.18. The summed E-state index contributed by atoms with van der Waals surface area (Å²) in [5, 5.41) is 9.95. The maximum absolute atomic E-state index is 12.3. The molecule has 5 heteroatoms. The van der Waals surface area contributed by atoms with E-state index in [1.54, 1.807) is 24.3 Å². The molecule has 0 amide bonds. The fourth-order valence-electron chi connectivity index (χ4n) is 2.29. The van der Waals surface area contributed by atoms with E-state index in [4.69, 9.17) is 4.74 Å². The number of aromatic nitrogens is 1. The zero-order valence-corrected chi connectivity index (χ0v) is 11.6. The molecule has 1 heterocycles. The molecule has 0 aliphatic rings. The van der Waals surface area contributed by atoms with Crippen LogP contribution in [0.1, 0.15) is 16.1 Å². The van der Waals surface area contributed by atoms with E-state index in [1.807, 2.05) is 30.3 Å². The highest BCUT2D eigenvalue weighted by Crippen LogP contribution is 2.20. The molecule has 0 fully saturated rings. The molecule has 0 atom stereocenters. The molecule has 1 aromatic heterocycles. The molecule has 2 aromatic carbocycles. The van der Waals surface area contributed by atoms with Gasteiger partial charge in [0.25, 0.3) is 0 Å². The van der Waals surface area contributed by atoms with Gasteiger partial charge in [0.05, 0.1) is 5.52 Å². The molecule has 0 bridgehead atoms. The van der Waals surface area contributed by atoms with Crippen molar-refractivity contribution in [1.82, 2.24) is 4.57 Å². The molecule has 0 spiro atoms. The number of fused-ring (bicyclic) bond motifs is 1. The van der Waals surface area contributed by atoms with Crippen molar-refractivity contribution in [3.63, 3.8) is 0 Å². The molecule has 0 saturated heterocycles. The van der Waals surface area contributed by atoms with Gasteiger partial charge in [-0.2, -0.15) is 0 Å². The number of hydrogen-bond donors (Lipinski definition) is 1. The van der Waals surface area contributed by atoms with Crippen molar-refractivity contribution in [2.24, 2.45) is 0 Å². The number of hydrogen-bond acceptors (Lipinski definition) is 3. The topological polar surface area (TPSA) is 68.5 Å². The first kappa shape index (κ1) is 13.9. The molecular formula is C17H13NO4. The summed E-state index contributed by atoms with van der Waals surface area (Å²) in [6, 6.07) is 17.7. The van der Waals surface area contributed by atoms with E-state index in [2.05, 4.69) is 0 Å². The van der Waals surface area contributed by atoms with Gasteiger partial charge in [-0.25, -0.2) is 14.2 Å². The van der Waals surface area contributed by atoms with Crippen LogP contribution in [-0.2, 0) is 11.3 Å². The Labute approximate surface area is 126 Å². The van der Waals surface area contributed by atoms with Crippen LogP contribution in [-0.4, -0.2) is 21.7 Å². The Balaban J connectivity index is 1.93. The minimum absolute atomic E-state index is 0.0885. The number of carboxylic acids is 1. The predicted molar refractivity (Wildman–Crippen MR) is 80.9 cm³/mol. The van der Waals surface area contributed by atoms with E-state index < -0.39 is 12.1 Å². The van der Waals surface area contributed by atoms with E-state index in [0.717, 1.165) is 10.1 Å². The van der Waals surface area contributed by atoms with Crippen LogP contribution in [0.2, 0.25) is 0 Å². The van der Waals surface area contributed by atoms with Gasteiger partial charge in [-0.3, -0.25) is 0 Å². The van der Waals surface area contributed by atoms with Crippen LogP contribution in [0.15, 0.2) is 60.7 Å². The van der Waals surface area contributed by atoms with Crippen LogP contribution in [0.25, 0.3) is 10.9 Å². The number of carbonyl (C=O) groups is 2. The summed E-state index contributed by atoms with van der Waals surface area (Å²) in [6.45, 7) is 0.0885. The van der Waals surface area contributed by atoms with Crippen molar-refractivity contribution in [1.29, 1.82) is 0 Å². The van der Waals surface area contributed by atoms with E-state index in [0.29, 0.717) is 10.9 Å². The minimum Gasteiger partial charge on any atom is -0.477 e. The highest BCUT2D eigenvalue weighted by atomic mass is 16.5. The fraction of sp³-hybridized carbons (Fsp3) is 0.0588. The maximum atomic E-state index is 12.3. The summed E-state index contributed by atoms with van der Waals surface area (Å²) in [4.78, 5) is 23.6. The van der Waals surface area contributed by atoms with E-state index in [-0.39, 0.29) is 12.3 Å². The summed E-state index contributed by atoms with van der Waals surface area (Å²) in [7, 11) is 0. The second-order valence-corrected chi connectivity index (χ2v) is 4.77. The largest absolute Gasteiger partial charge is 0.477 e. The molecule has 5 nitrogen and oxygen atoms in total. The van der Waals surface area contributed by atoms with Gasteiger partial charge in [0.1, 0.15) is 12.3 Å². The van der Waals surface area contributed by atoms with Gasteiger partial charge in [0.15, 0.2) is 0 Å². The van der Waals surface area contributed by atoms with Crippen molar-refractivity contribution in [2.45, 2.75) is 6.61 Å². The van der Waals surface area contributed by atoms with E-state index in [1.165, 1.54) is 6.07 Å². The number of ether oxygens (including phenoxy) is 1. The van der Waals surface area contributed by atoms with Crippen LogP contribution in [0.3, 0.4) is 0 Å². The smallest absolute Gasteiger partial charge is 0.419 e. The fourth-order valence-corrected chi connectivity index (χ4v) is 2.29. The van der Waals surface area contributed by atoms with Crippen molar-refractivity contribution in [2.75, 3.05) is 0 Å². The highest BCUT2D eigenvalue weighted by molar-refractivity contribution is 6.00. The van der Waals surface area contributed by atoms with Crippen molar-refractivity contribution < 1.29 is 19.4 Å². The van der Waals surface area contributed by atoms with Crippen molar-refractivity contribution >= 4 is 23.0 Å². The molecular weight excluding hydrogens is 282 g/mol. The molecule has 3 rings (SSSR count). The monoisotopic (exact) mass is 295 g/mol. The van der Waals surface area contributed by atoms with Gasteiger partial charge in [-0.1, -0.05) is 48.5 Å². The zero-order chi connectivity index (χ0) is 15.5. The Kier molecular flexibility index (Phi) is 3.62. The van der Waals surface area contributed by atoms with Gasteiger partial charge >= 0.3 is 12.1 Å². The van der Waals surface area contributed by atoms with Gasteiger partial charge in [0.2, 0.25) is 0 Å². The number of rotatable bonds is 3. The molecule has 0 aliphatic carbocycles. The third kappa shape index (κ3) is 2.56. The average Bonchev–Trinajstić information content (AvgIpc) is 2.93. The lowest BCUT2D eigenvalue weighted by Gasteiger charge is -2.08. The Morgan fingerprint density at radius 2 is 1.68 bits per heavy atom. The first-order chi connectivity index (χ1) is 10.7. The lowest BCUT2D eigenvalue weighted by atomic mass is 10.2. The second kappa shape index (κ2) is 5.73. The van der Waals surface area contributed by atoms with Gasteiger partial charge in [0, 0.05) is 5.39 Å². The zero-order valence-electron chi connectivity index (χ0n) is 11.6. The van der Waals surface area contributed by atoms with Crippen molar-refractivity contribution in [3.05, 3.63) is 71.9 Å².